The van der Waals surface area contributed by atoms with E-state index in [9.17, 15) is 18.8 Å². The second-order valence-corrected chi connectivity index (χ2v) is 8.10. The molecule has 0 saturated carbocycles. The van der Waals surface area contributed by atoms with E-state index < -0.39 is 0 Å². The van der Waals surface area contributed by atoms with Gasteiger partial charge in [0.2, 0.25) is 5.91 Å². The molecule has 166 valence electrons. The molecule has 1 saturated heterocycles. The molecule has 0 bridgehead atoms. The third kappa shape index (κ3) is 4.80. The number of piperidine rings is 1. The quantitative estimate of drug-likeness (QED) is 0.584. The fourth-order valence-electron chi connectivity index (χ4n) is 3.90. The lowest BCUT2D eigenvalue weighted by Gasteiger charge is -2.31. The molecular formula is C24H25FN4O3. The summed E-state index contributed by atoms with van der Waals surface area (Å²) in [5.41, 5.74) is 1.73. The number of likely N-dealkylation sites (tertiary alicyclic amines) is 1. The number of benzene rings is 2. The highest BCUT2D eigenvalue weighted by Crippen LogP contribution is 2.20. The lowest BCUT2D eigenvalue weighted by molar-refractivity contribution is -0.126. The van der Waals surface area contributed by atoms with Crippen molar-refractivity contribution >= 4 is 28.4 Å². The number of aromatic amines is 1. The summed E-state index contributed by atoms with van der Waals surface area (Å²) in [7, 11) is 0. The molecule has 2 heterocycles. The number of carbonyl (C=O) groups excluding carboxylic acids is 2. The van der Waals surface area contributed by atoms with Crippen LogP contribution < -0.4 is 16.2 Å². The van der Waals surface area contributed by atoms with Gasteiger partial charge < -0.3 is 20.5 Å². The highest BCUT2D eigenvalue weighted by molar-refractivity contribution is 5.93. The maximum absolute atomic E-state index is 13.7. The number of nitrogens with one attached hydrogen (secondary N) is 3. The van der Waals surface area contributed by atoms with Crippen LogP contribution in [0.2, 0.25) is 0 Å². The molecule has 1 fully saturated rings. The van der Waals surface area contributed by atoms with Crippen LogP contribution in [0.15, 0.2) is 53.5 Å². The van der Waals surface area contributed by atoms with E-state index in [2.05, 4.69) is 15.6 Å². The lowest BCUT2D eigenvalue weighted by atomic mass is 9.96. The fourth-order valence-corrected chi connectivity index (χ4v) is 3.90. The van der Waals surface area contributed by atoms with Crippen LogP contribution in [-0.2, 0) is 11.3 Å². The smallest absolute Gasteiger partial charge is 0.321 e. The molecule has 4 rings (SSSR count). The van der Waals surface area contributed by atoms with Crippen molar-refractivity contribution in [3.63, 3.8) is 0 Å². The lowest BCUT2D eigenvalue weighted by Crippen LogP contribution is -2.44. The Kier molecular flexibility index (Phi) is 6.20. The van der Waals surface area contributed by atoms with Crippen molar-refractivity contribution in [1.82, 2.24) is 15.2 Å². The molecule has 0 radical (unpaired) electrons. The van der Waals surface area contributed by atoms with Crippen LogP contribution in [0.1, 0.15) is 24.0 Å². The predicted molar refractivity (Wildman–Crippen MR) is 121 cm³/mol. The van der Waals surface area contributed by atoms with Crippen LogP contribution in [0.5, 0.6) is 0 Å². The first-order valence-electron chi connectivity index (χ1n) is 10.6. The first kappa shape index (κ1) is 21.5. The molecule has 0 aliphatic carbocycles. The van der Waals surface area contributed by atoms with Crippen LogP contribution in [0, 0.1) is 18.7 Å². The number of nitrogens with zero attached hydrogens (tertiary/aromatic N) is 1. The van der Waals surface area contributed by atoms with Gasteiger partial charge in [-0.15, -0.1) is 0 Å². The van der Waals surface area contributed by atoms with E-state index in [0.717, 1.165) is 10.9 Å². The SMILES string of the molecule is Cc1ccc(CNC(=O)C2CCN(C(=O)Nc3ccc4c(=O)[nH]ccc4c3)CC2)cc1F. The Hall–Kier alpha value is -3.68. The van der Waals surface area contributed by atoms with E-state index in [1.54, 1.807) is 54.4 Å². The van der Waals surface area contributed by atoms with Gasteiger partial charge in [-0.2, -0.15) is 0 Å². The zero-order valence-electron chi connectivity index (χ0n) is 17.8. The van der Waals surface area contributed by atoms with Crippen molar-refractivity contribution in [2.45, 2.75) is 26.3 Å². The van der Waals surface area contributed by atoms with Gasteiger partial charge in [-0.25, -0.2) is 9.18 Å². The molecule has 0 atom stereocenters. The average molecular weight is 436 g/mol. The Bertz CT molecular complexity index is 1220. The van der Waals surface area contributed by atoms with E-state index in [0.29, 0.717) is 42.6 Å². The van der Waals surface area contributed by atoms with Crippen molar-refractivity contribution in [2.75, 3.05) is 18.4 Å². The molecule has 1 aliphatic rings. The van der Waals surface area contributed by atoms with Gasteiger partial charge in [0.1, 0.15) is 5.82 Å². The number of rotatable bonds is 4. The molecule has 3 aromatic rings. The molecule has 7 nitrogen and oxygen atoms in total. The Balaban J connectivity index is 1.28. The summed E-state index contributed by atoms with van der Waals surface area (Å²) in [5.74, 6) is -0.540. The largest absolute Gasteiger partial charge is 0.352 e. The van der Waals surface area contributed by atoms with Crippen LogP contribution in [0.25, 0.3) is 10.8 Å². The van der Waals surface area contributed by atoms with Crippen molar-refractivity contribution in [1.29, 1.82) is 0 Å². The fraction of sp³-hybridized carbons (Fsp3) is 0.292. The van der Waals surface area contributed by atoms with Gasteiger partial charge in [0, 0.05) is 42.8 Å². The van der Waals surface area contributed by atoms with Gasteiger partial charge in [0.15, 0.2) is 0 Å². The standard InChI is InChI=1S/C24H25FN4O3/c1-15-2-3-16(12-21(15)25)14-27-22(30)17-7-10-29(11-8-17)24(32)28-19-4-5-20-18(13-19)6-9-26-23(20)31/h2-6,9,12-13,17H,7-8,10-11,14H2,1H3,(H,26,31)(H,27,30)(H,28,32). The highest BCUT2D eigenvalue weighted by Gasteiger charge is 2.27. The first-order valence-corrected chi connectivity index (χ1v) is 10.6. The molecule has 1 aliphatic heterocycles. The minimum Gasteiger partial charge on any atom is -0.352 e. The molecule has 3 N–H and O–H groups in total. The molecular weight excluding hydrogens is 411 g/mol. The van der Waals surface area contributed by atoms with Gasteiger partial charge in [0.25, 0.3) is 5.56 Å². The summed E-state index contributed by atoms with van der Waals surface area (Å²) in [6, 6.07) is 11.6. The number of hydrogen-bond acceptors (Lipinski definition) is 3. The van der Waals surface area contributed by atoms with Gasteiger partial charge in [0.05, 0.1) is 0 Å². The van der Waals surface area contributed by atoms with Crippen molar-refractivity contribution in [3.05, 3.63) is 76.0 Å². The molecule has 8 heteroatoms. The first-order chi connectivity index (χ1) is 15.4. The second-order valence-electron chi connectivity index (χ2n) is 8.10. The van der Waals surface area contributed by atoms with E-state index in [1.807, 2.05) is 0 Å². The molecule has 3 amide bonds. The molecule has 1 aromatic heterocycles. The van der Waals surface area contributed by atoms with Gasteiger partial charge in [-0.3, -0.25) is 9.59 Å². The summed E-state index contributed by atoms with van der Waals surface area (Å²) in [6.45, 7) is 2.91. The highest BCUT2D eigenvalue weighted by atomic mass is 19.1. The maximum Gasteiger partial charge on any atom is 0.321 e. The zero-order valence-corrected chi connectivity index (χ0v) is 17.8. The van der Waals surface area contributed by atoms with Crippen LogP contribution in [-0.4, -0.2) is 34.9 Å². The monoisotopic (exact) mass is 436 g/mol. The number of halogens is 1. The van der Waals surface area contributed by atoms with E-state index in [-0.39, 0.29) is 35.8 Å². The Morgan fingerprint density at radius 1 is 1.12 bits per heavy atom. The number of carbonyl (C=O) groups is 2. The summed E-state index contributed by atoms with van der Waals surface area (Å²) in [4.78, 5) is 41.2. The van der Waals surface area contributed by atoms with Crippen LogP contribution in [0.3, 0.4) is 0 Å². The predicted octanol–water partition coefficient (Wildman–Crippen LogP) is 3.54. The van der Waals surface area contributed by atoms with Crippen molar-refractivity contribution < 1.29 is 14.0 Å². The van der Waals surface area contributed by atoms with E-state index in [4.69, 9.17) is 0 Å². The number of urea groups is 1. The number of H-pyrrole nitrogens is 1. The van der Waals surface area contributed by atoms with E-state index in [1.165, 1.54) is 6.07 Å². The Morgan fingerprint density at radius 3 is 2.66 bits per heavy atom. The summed E-state index contributed by atoms with van der Waals surface area (Å²) >= 11 is 0. The summed E-state index contributed by atoms with van der Waals surface area (Å²) in [6.07, 6.45) is 2.70. The summed E-state index contributed by atoms with van der Waals surface area (Å²) < 4.78 is 13.7. The summed E-state index contributed by atoms with van der Waals surface area (Å²) in [5, 5.41) is 7.04. The third-order valence-electron chi connectivity index (χ3n) is 5.88. The molecule has 0 spiro atoms. The minimum atomic E-state index is -0.283. The molecule has 2 aromatic carbocycles. The number of aryl methyl sites for hydroxylation is 1. The zero-order chi connectivity index (χ0) is 22.7. The topological polar surface area (TPSA) is 94.3 Å². The van der Waals surface area contributed by atoms with Crippen molar-refractivity contribution in [2.24, 2.45) is 5.92 Å². The Labute approximate surface area is 184 Å². The van der Waals surface area contributed by atoms with Gasteiger partial charge in [-0.1, -0.05) is 12.1 Å². The van der Waals surface area contributed by atoms with Crippen molar-refractivity contribution in [3.8, 4) is 0 Å². The normalized spacial score (nSPS) is 14.4. The maximum atomic E-state index is 13.7. The number of aromatic nitrogens is 1. The third-order valence-corrected chi connectivity index (χ3v) is 5.88. The van der Waals surface area contributed by atoms with E-state index >= 15 is 0 Å². The number of amides is 3. The molecule has 0 unspecified atom stereocenters. The van der Waals surface area contributed by atoms with Gasteiger partial charge in [-0.05, 0) is 66.6 Å². The number of anilines is 1. The second kappa shape index (κ2) is 9.21. The van der Waals surface area contributed by atoms with Crippen LogP contribution >= 0.6 is 0 Å². The number of fused-ring (bicyclic) bond motifs is 1. The molecule has 32 heavy (non-hydrogen) atoms. The number of hydrogen-bond donors (Lipinski definition) is 3. The van der Waals surface area contributed by atoms with Gasteiger partial charge >= 0.3 is 6.03 Å². The number of pyridine rings is 1. The Morgan fingerprint density at radius 2 is 1.91 bits per heavy atom. The van der Waals surface area contributed by atoms with Crippen LogP contribution in [0.4, 0.5) is 14.9 Å². The minimum absolute atomic E-state index is 0.0780. The average Bonchev–Trinajstić information content (AvgIpc) is 2.80.